The van der Waals surface area contributed by atoms with E-state index in [1.54, 1.807) is 6.20 Å². The summed E-state index contributed by atoms with van der Waals surface area (Å²) in [5.74, 6) is -0.212. The van der Waals surface area contributed by atoms with Crippen molar-refractivity contribution in [1.29, 1.82) is 0 Å². The van der Waals surface area contributed by atoms with Crippen LogP contribution in [0.4, 0.5) is 0 Å². The first-order valence-corrected chi connectivity index (χ1v) is 10.6. The predicted octanol–water partition coefficient (Wildman–Crippen LogP) is 2.83. The Morgan fingerprint density at radius 2 is 2.04 bits per heavy atom. The molecule has 0 saturated carbocycles. The van der Waals surface area contributed by atoms with Crippen LogP contribution in [-0.2, 0) is 16.0 Å². The number of cyclic esters (lactones) is 1. The van der Waals surface area contributed by atoms with Crippen LogP contribution in [0.2, 0.25) is 0 Å². The number of likely N-dealkylation sites (N-methyl/N-ethyl adjacent to an activating group) is 1. The minimum absolute atomic E-state index is 0.0800. The number of hydrogen-bond acceptors (Lipinski definition) is 5. The van der Waals surface area contributed by atoms with Crippen LogP contribution in [-0.4, -0.2) is 66.5 Å². The second-order valence-corrected chi connectivity index (χ2v) is 8.11. The van der Waals surface area contributed by atoms with Gasteiger partial charge in [0.1, 0.15) is 0 Å². The molecule has 3 rings (SSSR count). The number of aromatic nitrogens is 1. The van der Waals surface area contributed by atoms with E-state index >= 15 is 0 Å². The Morgan fingerprint density at radius 1 is 1.25 bits per heavy atom. The lowest BCUT2D eigenvalue weighted by atomic mass is 9.93. The number of rotatable bonds is 4. The SMILES string of the molecule is Cc1nccc2c1C(=O)OCCC(C(=O)N(C)CCN1CCCCC1)CCC2. The predicted molar refractivity (Wildman–Crippen MR) is 108 cm³/mol. The Morgan fingerprint density at radius 3 is 2.82 bits per heavy atom. The Labute approximate surface area is 168 Å². The van der Waals surface area contributed by atoms with Crippen molar-refractivity contribution in [3.05, 3.63) is 29.1 Å². The van der Waals surface area contributed by atoms with Gasteiger partial charge in [-0.2, -0.15) is 0 Å². The summed E-state index contributed by atoms with van der Waals surface area (Å²) in [5.41, 5.74) is 2.29. The molecule has 0 spiro atoms. The highest BCUT2D eigenvalue weighted by Gasteiger charge is 2.25. The van der Waals surface area contributed by atoms with Crippen LogP contribution in [0.5, 0.6) is 0 Å². The number of carbonyl (C=O) groups excluding carboxylic acids is 2. The van der Waals surface area contributed by atoms with Crippen LogP contribution in [0.25, 0.3) is 0 Å². The van der Waals surface area contributed by atoms with E-state index in [4.69, 9.17) is 4.74 Å². The van der Waals surface area contributed by atoms with E-state index in [-0.39, 0.29) is 24.4 Å². The van der Waals surface area contributed by atoms with Gasteiger partial charge < -0.3 is 14.5 Å². The smallest absolute Gasteiger partial charge is 0.340 e. The van der Waals surface area contributed by atoms with Gasteiger partial charge in [-0.1, -0.05) is 6.42 Å². The first kappa shape index (κ1) is 20.8. The summed E-state index contributed by atoms with van der Waals surface area (Å²) in [7, 11) is 1.90. The van der Waals surface area contributed by atoms with Crippen LogP contribution in [0.15, 0.2) is 12.3 Å². The van der Waals surface area contributed by atoms with E-state index in [9.17, 15) is 9.59 Å². The zero-order valence-corrected chi connectivity index (χ0v) is 17.3. The standard InChI is InChI=1S/C22H33N3O3/c1-17-20-18(9-11-23-17)7-6-8-19(10-16-28-22(20)27)21(26)24(2)14-15-25-12-4-3-5-13-25/h9,11,19H,3-8,10,12-16H2,1-2H3. The number of piperidine rings is 1. The van der Waals surface area contributed by atoms with E-state index < -0.39 is 0 Å². The van der Waals surface area contributed by atoms with E-state index in [1.807, 2.05) is 24.9 Å². The highest BCUT2D eigenvalue weighted by atomic mass is 16.5. The highest BCUT2D eigenvalue weighted by molar-refractivity contribution is 5.92. The molecule has 0 N–H and O–H groups in total. The molecular formula is C22H33N3O3. The van der Waals surface area contributed by atoms with Gasteiger partial charge in [0.25, 0.3) is 0 Å². The average molecular weight is 388 g/mol. The summed E-state index contributed by atoms with van der Waals surface area (Å²) in [5, 5.41) is 0. The second-order valence-electron chi connectivity index (χ2n) is 8.11. The zero-order valence-electron chi connectivity index (χ0n) is 17.3. The largest absolute Gasteiger partial charge is 0.462 e. The van der Waals surface area contributed by atoms with Crippen LogP contribution in [0.3, 0.4) is 0 Å². The maximum atomic E-state index is 13.0. The molecule has 2 aliphatic rings. The van der Waals surface area contributed by atoms with Crippen LogP contribution in [0, 0.1) is 12.8 Å². The second kappa shape index (κ2) is 10.0. The Bertz CT molecular complexity index is 686. The van der Waals surface area contributed by atoms with E-state index in [2.05, 4.69) is 9.88 Å². The summed E-state index contributed by atoms with van der Waals surface area (Å²) in [6.07, 6.45) is 8.67. The van der Waals surface area contributed by atoms with Gasteiger partial charge in [0.05, 0.1) is 17.9 Å². The number of ether oxygens (including phenoxy) is 1. The number of aryl methyl sites for hydroxylation is 2. The number of esters is 1. The fourth-order valence-electron chi connectivity index (χ4n) is 4.30. The minimum Gasteiger partial charge on any atom is -0.462 e. The summed E-state index contributed by atoms with van der Waals surface area (Å²) >= 11 is 0. The van der Waals surface area contributed by atoms with Gasteiger partial charge in [-0.3, -0.25) is 9.78 Å². The topological polar surface area (TPSA) is 62.7 Å². The van der Waals surface area contributed by atoms with Gasteiger partial charge in [-0.15, -0.1) is 0 Å². The van der Waals surface area contributed by atoms with Crippen LogP contribution in [0.1, 0.15) is 60.1 Å². The molecule has 6 heteroatoms. The number of carbonyl (C=O) groups is 2. The van der Waals surface area contributed by atoms with Crippen molar-refractivity contribution >= 4 is 11.9 Å². The molecule has 28 heavy (non-hydrogen) atoms. The summed E-state index contributed by atoms with van der Waals surface area (Å²) < 4.78 is 5.48. The minimum atomic E-state index is -0.313. The molecule has 154 valence electrons. The van der Waals surface area contributed by atoms with Crippen LogP contribution < -0.4 is 0 Å². The van der Waals surface area contributed by atoms with Crippen molar-refractivity contribution in [2.75, 3.05) is 39.8 Å². The number of pyridine rings is 1. The number of nitrogens with zero attached hydrogens (tertiary/aromatic N) is 3. The molecule has 0 bridgehead atoms. The number of likely N-dealkylation sites (tertiary alicyclic amines) is 1. The molecule has 6 nitrogen and oxygen atoms in total. The molecule has 1 unspecified atom stereocenters. The molecule has 1 saturated heterocycles. The molecule has 1 fully saturated rings. The molecular weight excluding hydrogens is 354 g/mol. The lowest BCUT2D eigenvalue weighted by Crippen LogP contribution is -2.41. The molecule has 2 aliphatic heterocycles. The van der Waals surface area contributed by atoms with Crippen molar-refractivity contribution in [2.45, 2.75) is 51.9 Å². The van der Waals surface area contributed by atoms with Gasteiger partial charge in [-0.25, -0.2) is 4.79 Å². The maximum absolute atomic E-state index is 13.0. The monoisotopic (exact) mass is 387 g/mol. The van der Waals surface area contributed by atoms with Crippen molar-refractivity contribution in [3.63, 3.8) is 0 Å². The lowest BCUT2D eigenvalue weighted by molar-refractivity contribution is -0.135. The molecule has 1 aromatic heterocycles. The first-order valence-electron chi connectivity index (χ1n) is 10.6. The third-order valence-corrected chi connectivity index (χ3v) is 6.05. The molecule has 0 radical (unpaired) electrons. The van der Waals surface area contributed by atoms with E-state index in [0.717, 1.165) is 51.0 Å². The van der Waals surface area contributed by atoms with Gasteiger partial charge in [0.2, 0.25) is 5.91 Å². The third-order valence-electron chi connectivity index (χ3n) is 6.05. The quantitative estimate of drug-likeness (QED) is 0.744. The van der Waals surface area contributed by atoms with Gasteiger partial charge in [-0.05, 0) is 70.2 Å². The van der Waals surface area contributed by atoms with Gasteiger partial charge in [0.15, 0.2) is 0 Å². The maximum Gasteiger partial charge on any atom is 0.340 e. The fourth-order valence-corrected chi connectivity index (χ4v) is 4.30. The number of hydrogen-bond donors (Lipinski definition) is 0. The molecule has 1 atom stereocenters. The Balaban J connectivity index is 1.57. The molecule has 1 amide bonds. The Kier molecular flexibility index (Phi) is 7.43. The lowest BCUT2D eigenvalue weighted by Gasteiger charge is -2.30. The van der Waals surface area contributed by atoms with Gasteiger partial charge >= 0.3 is 5.97 Å². The van der Waals surface area contributed by atoms with Crippen molar-refractivity contribution < 1.29 is 14.3 Å². The zero-order chi connectivity index (χ0) is 19.9. The van der Waals surface area contributed by atoms with E-state index in [0.29, 0.717) is 17.7 Å². The summed E-state index contributed by atoms with van der Waals surface area (Å²) in [6.45, 7) is 6.13. The van der Waals surface area contributed by atoms with Crippen LogP contribution >= 0.6 is 0 Å². The molecule has 0 aliphatic carbocycles. The van der Waals surface area contributed by atoms with Gasteiger partial charge in [0, 0.05) is 32.3 Å². The molecule has 1 aromatic rings. The van der Waals surface area contributed by atoms with Crippen molar-refractivity contribution in [3.8, 4) is 0 Å². The normalized spacial score (nSPS) is 21.5. The molecule has 3 heterocycles. The fraction of sp³-hybridized carbons (Fsp3) is 0.682. The van der Waals surface area contributed by atoms with Crippen molar-refractivity contribution in [1.82, 2.24) is 14.8 Å². The number of amides is 1. The molecule has 0 aromatic carbocycles. The van der Waals surface area contributed by atoms with E-state index in [1.165, 1.54) is 19.3 Å². The first-order chi connectivity index (χ1) is 13.6. The summed E-state index contributed by atoms with van der Waals surface area (Å²) in [6, 6.07) is 1.90. The van der Waals surface area contributed by atoms with Crippen molar-refractivity contribution in [2.24, 2.45) is 5.92 Å². The summed E-state index contributed by atoms with van der Waals surface area (Å²) in [4.78, 5) is 34.0. The third kappa shape index (κ3) is 5.31. The Hall–Kier alpha value is -1.95. The average Bonchev–Trinajstić information content (AvgIpc) is 2.71. The number of fused-ring (bicyclic) bond motifs is 1. The highest BCUT2D eigenvalue weighted by Crippen LogP contribution is 2.22.